The summed E-state index contributed by atoms with van der Waals surface area (Å²) >= 11 is 1.59. The molecule has 0 saturated heterocycles. The average molecular weight is 293 g/mol. The summed E-state index contributed by atoms with van der Waals surface area (Å²) in [4.78, 5) is 13.3. The van der Waals surface area contributed by atoms with Crippen LogP contribution in [0.1, 0.15) is 39.0 Å². The minimum Gasteiger partial charge on any atom is -0.497 e. The Bertz CT molecular complexity index is 427. The first kappa shape index (κ1) is 15.2. The topological polar surface area (TPSA) is 38.3 Å². The molecule has 2 rings (SSSR count). The second kappa shape index (κ2) is 7.58. The lowest BCUT2D eigenvalue weighted by atomic mass is 9.95. The van der Waals surface area contributed by atoms with Gasteiger partial charge in [0.25, 0.3) is 0 Å². The van der Waals surface area contributed by atoms with Gasteiger partial charge in [0.2, 0.25) is 5.91 Å². The van der Waals surface area contributed by atoms with Crippen LogP contribution in [-0.2, 0) is 4.79 Å². The number of hydrogen-bond acceptors (Lipinski definition) is 3. The summed E-state index contributed by atoms with van der Waals surface area (Å²) < 4.78 is 5.13. The van der Waals surface area contributed by atoms with Gasteiger partial charge in [-0.2, -0.15) is 0 Å². The molecule has 0 aromatic heterocycles. The summed E-state index contributed by atoms with van der Waals surface area (Å²) in [5, 5.41) is 3.11. The van der Waals surface area contributed by atoms with Gasteiger partial charge in [-0.3, -0.25) is 4.79 Å². The lowest BCUT2D eigenvalue weighted by Crippen LogP contribution is -2.40. The van der Waals surface area contributed by atoms with E-state index in [2.05, 4.69) is 5.32 Å². The van der Waals surface area contributed by atoms with Crippen LogP contribution in [-0.4, -0.2) is 24.3 Å². The number of nitrogens with one attached hydrogen (secondary N) is 1. The van der Waals surface area contributed by atoms with Crippen molar-refractivity contribution >= 4 is 17.7 Å². The molecule has 1 aromatic carbocycles. The van der Waals surface area contributed by atoms with Crippen LogP contribution in [0.3, 0.4) is 0 Å². The predicted octanol–water partition coefficient (Wildman–Crippen LogP) is 3.62. The standard InChI is InChI=1S/C16H23NO2S/c1-12(16(18)17-13-6-4-3-5-7-13)20-15-10-8-14(19-2)9-11-15/h8-13H,3-7H2,1-2H3,(H,17,18)/t12-/m1/s1. The van der Waals surface area contributed by atoms with Gasteiger partial charge < -0.3 is 10.1 Å². The third-order valence-electron chi connectivity index (χ3n) is 3.69. The van der Waals surface area contributed by atoms with Gasteiger partial charge in [0.05, 0.1) is 12.4 Å². The van der Waals surface area contributed by atoms with Crippen molar-refractivity contribution in [1.29, 1.82) is 0 Å². The van der Waals surface area contributed by atoms with E-state index in [0.717, 1.165) is 23.5 Å². The molecule has 0 unspecified atom stereocenters. The fourth-order valence-electron chi connectivity index (χ4n) is 2.48. The molecule has 0 radical (unpaired) electrons. The Kier molecular flexibility index (Phi) is 5.77. The lowest BCUT2D eigenvalue weighted by Gasteiger charge is -2.24. The summed E-state index contributed by atoms with van der Waals surface area (Å²) in [5.41, 5.74) is 0. The Morgan fingerprint density at radius 3 is 2.50 bits per heavy atom. The molecule has 1 saturated carbocycles. The molecule has 110 valence electrons. The number of ether oxygens (including phenoxy) is 1. The minimum atomic E-state index is -0.0645. The molecule has 0 heterocycles. The van der Waals surface area contributed by atoms with Crippen LogP contribution < -0.4 is 10.1 Å². The molecular formula is C16H23NO2S. The van der Waals surface area contributed by atoms with Crippen LogP contribution in [0.25, 0.3) is 0 Å². The number of rotatable bonds is 5. The van der Waals surface area contributed by atoms with E-state index in [-0.39, 0.29) is 11.2 Å². The zero-order valence-electron chi connectivity index (χ0n) is 12.2. The van der Waals surface area contributed by atoms with Crippen molar-refractivity contribution < 1.29 is 9.53 Å². The molecule has 0 bridgehead atoms. The average Bonchev–Trinajstić information content (AvgIpc) is 2.49. The highest BCUT2D eigenvalue weighted by Crippen LogP contribution is 2.26. The number of carbonyl (C=O) groups excluding carboxylic acids is 1. The smallest absolute Gasteiger partial charge is 0.233 e. The molecule has 1 amide bonds. The monoisotopic (exact) mass is 293 g/mol. The van der Waals surface area contributed by atoms with Crippen LogP contribution in [0, 0.1) is 0 Å². The Labute approximate surface area is 125 Å². The van der Waals surface area contributed by atoms with E-state index in [9.17, 15) is 4.79 Å². The number of methoxy groups -OCH3 is 1. The predicted molar refractivity (Wildman–Crippen MR) is 83.3 cm³/mol. The summed E-state index contributed by atoms with van der Waals surface area (Å²) in [5.74, 6) is 0.992. The van der Waals surface area contributed by atoms with Crippen LogP contribution in [0.2, 0.25) is 0 Å². The van der Waals surface area contributed by atoms with E-state index < -0.39 is 0 Å². The molecule has 1 aromatic rings. The normalized spacial score (nSPS) is 17.5. The zero-order valence-corrected chi connectivity index (χ0v) is 13.0. The van der Waals surface area contributed by atoms with E-state index >= 15 is 0 Å². The number of thioether (sulfide) groups is 1. The van der Waals surface area contributed by atoms with Gasteiger partial charge in [-0.05, 0) is 44.0 Å². The number of hydrogen-bond donors (Lipinski definition) is 1. The van der Waals surface area contributed by atoms with Crippen LogP contribution >= 0.6 is 11.8 Å². The number of carbonyl (C=O) groups is 1. The molecule has 4 heteroatoms. The maximum absolute atomic E-state index is 12.2. The van der Waals surface area contributed by atoms with E-state index in [1.807, 2.05) is 31.2 Å². The molecule has 0 aliphatic heterocycles. The first-order valence-corrected chi connectivity index (χ1v) is 8.18. The Morgan fingerprint density at radius 1 is 1.25 bits per heavy atom. The van der Waals surface area contributed by atoms with E-state index in [1.54, 1.807) is 18.9 Å². The molecular weight excluding hydrogens is 270 g/mol. The highest BCUT2D eigenvalue weighted by molar-refractivity contribution is 8.00. The quantitative estimate of drug-likeness (QED) is 0.843. The van der Waals surface area contributed by atoms with Gasteiger partial charge in [0.15, 0.2) is 0 Å². The zero-order chi connectivity index (χ0) is 14.4. The van der Waals surface area contributed by atoms with Gasteiger partial charge in [-0.1, -0.05) is 19.3 Å². The summed E-state index contributed by atoms with van der Waals surface area (Å²) in [6.45, 7) is 1.97. The van der Waals surface area contributed by atoms with Crippen molar-refractivity contribution in [1.82, 2.24) is 5.32 Å². The summed E-state index contributed by atoms with van der Waals surface area (Å²) in [7, 11) is 1.66. The molecule has 1 aliphatic carbocycles. The van der Waals surface area contributed by atoms with Crippen molar-refractivity contribution in [2.45, 2.75) is 55.2 Å². The number of amides is 1. The molecule has 0 spiro atoms. The van der Waals surface area contributed by atoms with Gasteiger partial charge in [-0.25, -0.2) is 0 Å². The fraction of sp³-hybridized carbons (Fsp3) is 0.562. The minimum absolute atomic E-state index is 0.0645. The van der Waals surface area contributed by atoms with Crippen molar-refractivity contribution in [2.75, 3.05) is 7.11 Å². The molecule has 3 nitrogen and oxygen atoms in total. The lowest BCUT2D eigenvalue weighted by molar-refractivity contribution is -0.121. The summed E-state index contributed by atoms with van der Waals surface area (Å²) in [6, 6.07) is 8.22. The van der Waals surface area contributed by atoms with Gasteiger partial charge in [0.1, 0.15) is 5.75 Å². The largest absolute Gasteiger partial charge is 0.497 e. The molecule has 1 aliphatic rings. The van der Waals surface area contributed by atoms with Crippen molar-refractivity contribution in [3.05, 3.63) is 24.3 Å². The maximum atomic E-state index is 12.2. The van der Waals surface area contributed by atoms with Crippen LogP contribution in [0.5, 0.6) is 5.75 Å². The molecule has 20 heavy (non-hydrogen) atoms. The highest BCUT2D eigenvalue weighted by atomic mass is 32.2. The third-order valence-corrected chi connectivity index (χ3v) is 4.81. The fourth-order valence-corrected chi connectivity index (χ4v) is 3.35. The van der Waals surface area contributed by atoms with Gasteiger partial charge >= 0.3 is 0 Å². The molecule has 1 atom stereocenters. The molecule has 1 fully saturated rings. The van der Waals surface area contributed by atoms with Crippen molar-refractivity contribution in [3.63, 3.8) is 0 Å². The van der Waals surface area contributed by atoms with Gasteiger partial charge in [0, 0.05) is 10.9 Å². The first-order chi connectivity index (χ1) is 9.69. The van der Waals surface area contributed by atoms with E-state index in [0.29, 0.717) is 6.04 Å². The highest BCUT2D eigenvalue weighted by Gasteiger charge is 2.20. The Hall–Kier alpha value is -1.16. The van der Waals surface area contributed by atoms with E-state index in [1.165, 1.54) is 19.3 Å². The van der Waals surface area contributed by atoms with Crippen LogP contribution in [0.4, 0.5) is 0 Å². The second-order valence-electron chi connectivity index (χ2n) is 5.28. The Morgan fingerprint density at radius 2 is 1.90 bits per heavy atom. The molecule has 1 N–H and O–H groups in total. The summed E-state index contributed by atoms with van der Waals surface area (Å²) in [6.07, 6.45) is 6.05. The van der Waals surface area contributed by atoms with Crippen molar-refractivity contribution in [3.8, 4) is 5.75 Å². The number of benzene rings is 1. The van der Waals surface area contributed by atoms with E-state index in [4.69, 9.17) is 4.74 Å². The Balaban J connectivity index is 1.83. The maximum Gasteiger partial charge on any atom is 0.233 e. The third kappa shape index (κ3) is 4.44. The van der Waals surface area contributed by atoms with Gasteiger partial charge in [-0.15, -0.1) is 11.8 Å². The SMILES string of the molecule is COc1ccc(S[C@H](C)C(=O)NC2CCCCC2)cc1. The van der Waals surface area contributed by atoms with Crippen molar-refractivity contribution in [2.24, 2.45) is 0 Å². The van der Waals surface area contributed by atoms with Crippen LogP contribution in [0.15, 0.2) is 29.2 Å². The first-order valence-electron chi connectivity index (χ1n) is 7.30. The second-order valence-corrected chi connectivity index (χ2v) is 6.69.